The van der Waals surface area contributed by atoms with E-state index in [4.69, 9.17) is 5.26 Å². The highest BCUT2D eigenvalue weighted by Crippen LogP contribution is 1.87. The van der Waals surface area contributed by atoms with E-state index < -0.39 is 0 Å². The number of allylic oxidation sites excluding steroid dienone is 1. The second-order valence-corrected chi connectivity index (χ2v) is 3.55. The number of amides is 2. The van der Waals surface area contributed by atoms with Crippen LogP contribution < -0.4 is 10.6 Å². The van der Waals surface area contributed by atoms with E-state index in [-0.39, 0.29) is 18.2 Å². The van der Waals surface area contributed by atoms with E-state index in [0.717, 1.165) is 5.57 Å². The summed E-state index contributed by atoms with van der Waals surface area (Å²) in [6, 6.07) is 1.76. The fraction of sp³-hybridized carbons (Fsp3) is 0.545. The summed E-state index contributed by atoms with van der Waals surface area (Å²) in [5.74, 6) is -0.401. The van der Waals surface area contributed by atoms with Crippen LogP contribution in [0, 0.1) is 11.3 Å². The van der Waals surface area contributed by atoms with E-state index >= 15 is 0 Å². The molecule has 0 aliphatic carbocycles. The minimum Gasteiger partial charge on any atom is -0.355 e. The van der Waals surface area contributed by atoms with Crippen LogP contribution in [-0.4, -0.2) is 24.9 Å². The molecule has 5 nitrogen and oxygen atoms in total. The van der Waals surface area contributed by atoms with Crippen LogP contribution in [-0.2, 0) is 9.59 Å². The molecule has 0 aromatic rings. The maximum Gasteiger partial charge on any atom is 0.243 e. The number of hydrogen-bond donors (Lipinski definition) is 2. The second-order valence-electron chi connectivity index (χ2n) is 3.55. The third-order valence-electron chi connectivity index (χ3n) is 1.63. The molecule has 0 aliphatic heterocycles. The molecule has 0 spiro atoms. The smallest absolute Gasteiger partial charge is 0.243 e. The number of hydrogen-bond acceptors (Lipinski definition) is 3. The van der Waals surface area contributed by atoms with E-state index in [1.54, 1.807) is 6.07 Å². The zero-order valence-corrected chi connectivity index (χ0v) is 9.67. The predicted octanol–water partition coefficient (Wildman–Crippen LogP) is 0.489. The number of nitriles is 1. The number of nitrogens with zero attached hydrogens (tertiary/aromatic N) is 1. The third-order valence-corrected chi connectivity index (χ3v) is 1.63. The molecule has 5 heteroatoms. The van der Waals surface area contributed by atoms with Gasteiger partial charge in [-0.2, -0.15) is 5.26 Å². The Hall–Kier alpha value is -1.83. The maximum absolute atomic E-state index is 11.1. The zero-order chi connectivity index (χ0) is 12.4. The predicted molar refractivity (Wildman–Crippen MR) is 60.3 cm³/mol. The first-order valence-electron chi connectivity index (χ1n) is 5.12. The van der Waals surface area contributed by atoms with Crippen LogP contribution in [0.4, 0.5) is 0 Å². The van der Waals surface area contributed by atoms with Gasteiger partial charge in [0.15, 0.2) is 0 Å². The highest BCUT2D eigenvalue weighted by molar-refractivity contribution is 5.87. The van der Waals surface area contributed by atoms with Crippen molar-refractivity contribution >= 4 is 11.8 Å². The topological polar surface area (TPSA) is 82.0 Å². The van der Waals surface area contributed by atoms with Gasteiger partial charge in [-0.25, -0.2) is 0 Å². The number of nitrogens with one attached hydrogen (secondary N) is 2. The SMILES string of the molecule is CC(C)=CC(=O)NCCCNC(=O)CC#N. The van der Waals surface area contributed by atoms with Crippen molar-refractivity contribution in [1.29, 1.82) is 5.26 Å². The van der Waals surface area contributed by atoms with Crippen molar-refractivity contribution in [2.75, 3.05) is 13.1 Å². The van der Waals surface area contributed by atoms with E-state index in [1.165, 1.54) is 6.08 Å². The number of carbonyl (C=O) groups is 2. The van der Waals surface area contributed by atoms with Gasteiger partial charge in [0.25, 0.3) is 0 Å². The fourth-order valence-electron chi connectivity index (χ4n) is 0.975. The lowest BCUT2D eigenvalue weighted by Gasteiger charge is -2.03. The van der Waals surface area contributed by atoms with E-state index in [1.807, 2.05) is 13.8 Å². The molecule has 0 bridgehead atoms. The van der Waals surface area contributed by atoms with Crippen LogP contribution in [0.2, 0.25) is 0 Å². The van der Waals surface area contributed by atoms with Crippen molar-refractivity contribution in [3.63, 3.8) is 0 Å². The molecular weight excluding hydrogens is 206 g/mol. The average Bonchev–Trinajstić information content (AvgIpc) is 2.16. The van der Waals surface area contributed by atoms with Crippen LogP contribution in [0.15, 0.2) is 11.6 Å². The summed E-state index contributed by atoms with van der Waals surface area (Å²) in [6.45, 7) is 4.68. The summed E-state index contributed by atoms with van der Waals surface area (Å²) in [5.41, 5.74) is 0.944. The van der Waals surface area contributed by atoms with Crippen molar-refractivity contribution in [1.82, 2.24) is 10.6 Å². The van der Waals surface area contributed by atoms with Crippen LogP contribution in [0.25, 0.3) is 0 Å². The quantitative estimate of drug-likeness (QED) is 0.508. The van der Waals surface area contributed by atoms with Gasteiger partial charge >= 0.3 is 0 Å². The zero-order valence-electron chi connectivity index (χ0n) is 9.67. The molecule has 0 aliphatic rings. The molecule has 0 saturated heterocycles. The van der Waals surface area contributed by atoms with Gasteiger partial charge in [-0.3, -0.25) is 9.59 Å². The van der Waals surface area contributed by atoms with Gasteiger partial charge in [0.2, 0.25) is 11.8 Å². The highest BCUT2D eigenvalue weighted by atomic mass is 16.2. The van der Waals surface area contributed by atoms with E-state index in [2.05, 4.69) is 10.6 Å². The van der Waals surface area contributed by atoms with Crippen molar-refractivity contribution in [3.8, 4) is 6.07 Å². The highest BCUT2D eigenvalue weighted by Gasteiger charge is 1.98. The summed E-state index contributed by atoms with van der Waals surface area (Å²) in [7, 11) is 0. The van der Waals surface area contributed by atoms with Crippen LogP contribution >= 0.6 is 0 Å². The lowest BCUT2D eigenvalue weighted by atomic mass is 10.3. The molecule has 0 atom stereocenters. The fourth-order valence-corrected chi connectivity index (χ4v) is 0.975. The Morgan fingerprint density at radius 2 is 1.88 bits per heavy atom. The molecule has 0 rings (SSSR count). The van der Waals surface area contributed by atoms with E-state index in [0.29, 0.717) is 19.5 Å². The molecule has 0 fully saturated rings. The van der Waals surface area contributed by atoms with Gasteiger partial charge in [-0.15, -0.1) is 0 Å². The molecule has 88 valence electrons. The summed E-state index contributed by atoms with van der Waals surface area (Å²) < 4.78 is 0. The van der Waals surface area contributed by atoms with E-state index in [9.17, 15) is 9.59 Å². The molecule has 0 radical (unpaired) electrons. The molecule has 0 heterocycles. The lowest BCUT2D eigenvalue weighted by Crippen LogP contribution is -2.28. The molecule has 0 aromatic heterocycles. The van der Waals surface area contributed by atoms with Crippen molar-refractivity contribution < 1.29 is 9.59 Å². The number of carbonyl (C=O) groups excluding carboxylic acids is 2. The van der Waals surface area contributed by atoms with Gasteiger partial charge in [0.1, 0.15) is 6.42 Å². The van der Waals surface area contributed by atoms with Gasteiger partial charge in [-0.05, 0) is 20.3 Å². The summed E-state index contributed by atoms with van der Waals surface area (Å²) >= 11 is 0. The van der Waals surface area contributed by atoms with Crippen molar-refractivity contribution in [2.45, 2.75) is 26.7 Å². The first kappa shape index (κ1) is 14.2. The molecule has 0 saturated carbocycles. The molecule has 16 heavy (non-hydrogen) atoms. The van der Waals surface area contributed by atoms with Crippen molar-refractivity contribution in [3.05, 3.63) is 11.6 Å². The number of rotatable bonds is 6. The summed E-state index contributed by atoms with van der Waals surface area (Å²) in [5, 5.41) is 13.5. The minimum atomic E-state index is -0.280. The van der Waals surface area contributed by atoms with Crippen LogP contribution in [0.5, 0.6) is 0 Å². The Labute approximate surface area is 95.5 Å². The monoisotopic (exact) mass is 223 g/mol. The maximum atomic E-state index is 11.1. The normalized spacial score (nSPS) is 8.81. The Kier molecular flexibility index (Phi) is 7.51. The average molecular weight is 223 g/mol. The first-order chi connectivity index (χ1) is 7.56. The van der Waals surface area contributed by atoms with Gasteiger partial charge in [-0.1, -0.05) is 5.57 Å². The van der Waals surface area contributed by atoms with Gasteiger partial charge in [0, 0.05) is 19.2 Å². The molecule has 0 unspecified atom stereocenters. The molecule has 0 aromatic carbocycles. The van der Waals surface area contributed by atoms with Crippen molar-refractivity contribution in [2.24, 2.45) is 0 Å². The minimum absolute atomic E-state index is 0.121. The Bertz CT molecular complexity index is 312. The largest absolute Gasteiger partial charge is 0.355 e. The molecule has 2 N–H and O–H groups in total. The standard InChI is InChI=1S/C11H17N3O2/c1-9(2)8-11(16)14-7-3-6-13-10(15)4-5-12/h8H,3-4,6-7H2,1-2H3,(H,13,15)(H,14,16). The van der Waals surface area contributed by atoms with Crippen LogP contribution in [0.1, 0.15) is 26.7 Å². The third kappa shape index (κ3) is 8.75. The van der Waals surface area contributed by atoms with Gasteiger partial charge in [0.05, 0.1) is 6.07 Å². The van der Waals surface area contributed by atoms with Gasteiger partial charge < -0.3 is 10.6 Å². The molecular formula is C11H17N3O2. The Balaban J connectivity index is 3.48. The lowest BCUT2D eigenvalue weighted by molar-refractivity contribution is -0.120. The Morgan fingerprint density at radius 1 is 1.25 bits per heavy atom. The first-order valence-corrected chi connectivity index (χ1v) is 5.12. The Morgan fingerprint density at radius 3 is 2.44 bits per heavy atom. The second kappa shape index (κ2) is 8.48. The summed E-state index contributed by atoms with van der Waals surface area (Å²) in [4.78, 5) is 22.0. The molecule has 2 amide bonds. The summed E-state index contributed by atoms with van der Waals surface area (Å²) in [6.07, 6.45) is 2.05. The van der Waals surface area contributed by atoms with Crippen LogP contribution in [0.3, 0.4) is 0 Å².